The summed E-state index contributed by atoms with van der Waals surface area (Å²) in [4.78, 5) is 10.0. The molecule has 0 bridgehead atoms. The van der Waals surface area contributed by atoms with E-state index in [0.29, 0.717) is 11.8 Å². The van der Waals surface area contributed by atoms with Crippen molar-refractivity contribution in [1.29, 1.82) is 0 Å². The number of aromatic nitrogens is 4. The van der Waals surface area contributed by atoms with Crippen molar-refractivity contribution in [2.24, 2.45) is 0 Å². The largest absolute Gasteiger partial charge is 0.457 e. The van der Waals surface area contributed by atoms with Crippen molar-refractivity contribution in [3.8, 4) is 28.6 Å². The van der Waals surface area contributed by atoms with Crippen LogP contribution in [0.2, 0.25) is 0 Å². The molecule has 6 heteroatoms. The molecular weight excluding hydrogens is 705 g/mol. The van der Waals surface area contributed by atoms with Crippen LogP contribution in [0.5, 0.6) is 11.5 Å². The standard InChI is InChI=1S/C50H38N4OS/c1-29(2)33-14-11-15-34(30(3)4)47(33)43-28-52-50-40-26-31(19-21-35(40)36-12-5-7-16-41(36)53(43)50)55-32-20-22-37-38-23-24-45-48(39-13-6-8-17-44(39)56-45)49(38)54(42(37)27-32)46-18-9-10-25-51-46/h5-30H,1-4H3. The van der Waals surface area contributed by atoms with Gasteiger partial charge in [0.1, 0.15) is 23.0 Å². The molecule has 270 valence electrons. The smallest absolute Gasteiger partial charge is 0.145 e. The van der Waals surface area contributed by atoms with Crippen molar-refractivity contribution < 1.29 is 4.74 Å². The predicted molar refractivity (Wildman–Crippen MR) is 235 cm³/mol. The molecule has 0 saturated carbocycles. The lowest BCUT2D eigenvalue weighted by atomic mass is 9.87. The van der Waals surface area contributed by atoms with Crippen molar-refractivity contribution in [2.75, 3.05) is 0 Å². The second-order valence-corrected chi connectivity index (χ2v) is 16.5. The van der Waals surface area contributed by atoms with Crippen LogP contribution in [0, 0.1) is 0 Å². The Morgan fingerprint density at radius 3 is 2.04 bits per heavy atom. The Bertz CT molecular complexity index is 3320. The number of para-hydroxylation sites is 1. The molecule has 0 amide bonds. The van der Waals surface area contributed by atoms with Gasteiger partial charge in [0, 0.05) is 59.5 Å². The summed E-state index contributed by atoms with van der Waals surface area (Å²) in [5.41, 5.74) is 9.37. The van der Waals surface area contributed by atoms with Crippen LogP contribution in [-0.4, -0.2) is 18.9 Å². The first kappa shape index (κ1) is 32.9. The maximum Gasteiger partial charge on any atom is 0.145 e. The van der Waals surface area contributed by atoms with Gasteiger partial charge in [-0.1, -0.05) is 94.4 Å². The normalized spacial score (nSPS) is 12.2. The highest BCUT2D eigenvalue weighted by Crippen LogP contribution is 2.45. The van der Waals surface area contributed by atoms with Gasteiger partial charge in [-0.15, -0.1) is 11.3 Å². The van der Waals surface area contributed by atoms with E-state index in [-0.39, 0.29) is 0 Å². The minimum atomic E-state index is 0.366. The number of fused-ring (bicyclic) bond motifs is 13. The van der Waals surface area contributed by atoms with Gasteiger partial charge in [-0.25, -0.2) is 9.97 Å². The molecule has 0 N–H and O–H groups in total. The first-order valence-corrected chi connectivity index (χ1v) is 20.2. The number of ether oxygens (including phenoxy) is 1. The average molecular weight is 743 g/mol. The second kappa shape index (κ2) is 12.5. The van der Waals surface area contributed by atoms with Crippen molar-refractivity contribution >= 4 is 80.6 Å². The highest BCUT2D eigenvalue weighted by Gasteiger charge is 2.23. The van der Waals surface area contributed by atoms with Crippen LogP contribution in [0.4, 0.5) is 0 Å². The van der Waals surface area contributed by atoms with E-state index in [9.17, 15) is 0 Å². The van der Waals surface area contributed by atoms with Crippen molar-refractivity contribution in [3.05, 3.63) is 157 Å². The Kier molecular flexibility index (Phi) is 7.35. The van der Waals surface area contributed by atoms with Gasteiger partial charge < -0.3 is 4.74 Å². The van der Waals surface area contributed by atoms with E-state index in [1.165, 1.54) is 53.2 Å². The van der Waals surface area contributed by atoms with Crippen LogP contribution in [-0.2, 0) is 0 Å². The maximum absolute atomic E-state index is 6.81. The van der Waals surface area contributed by atoms with Gasteiger partial charge in [-0.05, 0) is 89.0 Å². The van der Waals surface area contributed by atoms with Gasteiger partial charge in [0.2, 0.25) is 0 Å². The SMILES string of the molecule is CC(C)c1cccc(C(C)C)c1-c1cnc2c3cc(Oc4ccc5c6ccc7sc8ccccc8c7c6n(-c6ccccn6)c5c4)ccc3c3ccccc3n12. The quantitative estimate of drug-likeness (QED) is 0.159. The van der Waals surface area contributed by atoms with Crippen molar-refractivity contribution in [3.63, 3.8) is 0 Å². The molecular formula is C50H38N4OS. The van der Waals surface area contributed by atoms with E-state index in [2.05, 4.69) is 170 Å². The first-order valence-electron chi connectivity index (χ1n) is 19.4. The lowest BCUT2D eigenvalue weighted by Gasteiger charge is -2.20. The molecule has 56 heavy (non-hydrogen) atoms. The minimum absolute atomic E-state index is 0.366. The van der Waals surface area contributed by atoms with Crippen LogP contribution < -0.4 is 4.74 Å². The summed E-state index contributed by atoms with van der Waals surface area (Å²) in [6.45, 7) is 9.12. The lowest BCUT2D eigenvalue weighted by molar-refractivity contribution is 0.484. The molecule has 0 radical (unpaired) electrons. The molecule has 0 spiro atoms. The molecule has 5 aromatic heterocycles. The zero-order chi connectivity index (χ0) is 37.7. The van der Waals surface area contributed by atoms with Crippen molar-refractivity contribution in [2.45, 2.75) is 39.5 Å². The Balaban J connectivity index is 1.11. The third-order valence-electron chi connectivity index (χ3n) is 11.4. The van der Waals surface area contributed by atoms with Crippen LogP contribution in [0.1, 0.15) is 50.7 Å². The van der Waals surface area contributed by atoms with E-state index in [0.717, 1.165) is 55.9 Å². The molecule has 0 fully saturated rings. The third kappa shape index (κ3) is 4.85. The number of pyridine rings is 2. The molecule has 0 aliphatic heterocycles. The third-order valence-corrected chi connectivity index (χ3v) is 12.5. The fraction of sp³-hybridized carbons (Fsp3) is 0.120. The molecule has 11 rings (SSSR count). The number of hydrogen-bond donors (Lipinski definition) is 0. The zero-order valence-electron chi connectivity index (χ0n) is 31.6. The number of thiophene rings is 1. The zero-order valence-corrected chi connectivity index (χ0v) is 32.4. The topological polar surface area (TPSA) is 44.3 Å². The number of imidazole rings is 1. The minimum Gasteiger partial charge on any atom is -0.457 e. The van der Waals surface area contributed by atoms with E-state index < -0.39 is 0 Å². The van der Waals surface area contributed by atoms with Crippen LogP contribution in [0.15, 0.2) is 146 Å². The van der Waals surface area contributed by atoms with Gasteiger partial charge in [0.05, 0.1) is 28.4 Å². The first-order chi connectivity index (χ1) is 27.4. The number of benzene rings is 6. The summed E-state index contributed by atoms with van der Waals surface area (Å²) in [6.07, 6.45) is 3.94. The Hall–Kier alpha value is -6.50. The Labute approximate surface area is 328 Å². The van der Waals surface area contributed by atoms with Gasteiger partial charge in [0.25, 0.3) is 0 Å². The second-order valence-electron chi connectivity index (χ2n) is 15.4. The van der Waals surface area contributed by atoms with Gasteiger partial charge >= 0.3 is 0 Å². The number of hydrogen-bond acceptors (Lipinski definition) is 4. The van der Waals surface area contributed by atoms with Gasteiger partial charge in [0.15, 0.2) is 0 Å². The van der Waals surface area contributed by atoms with Crippen LogP contribution in [0.3, 0.4) is 0 Å². The summed E-state index contributed by atoms with van der Waals surface area (Å²) >= 11 is 1.84. The average Bonchev–Trinajstić information content (AvgIpc) is 3.93. The highest BCUT2D eigenvalue weighted by atomic mass is 32.1. The van der Waals surface area contributed by atoms with E-state index in [1.807, 2.05) is 23.6 Å². The monoisotopic (exact) mass is 742 g/mol. The number of nitrogens with zero attached hydrogens (tertiary/aromatic N) is 4. The van der Waals surface area contributed by atoms with Gasteiger partial charge in [-0.2, -0.15) is 0 Å². The summed E-state index contributed by atoms with van der Waals surface area (Å²) in [7, 11) is 0. The summed E-state index contributed by atoms with van der Waals surface area (Å²) < 4.78 is 14.0. The Morgan fingerprint density at radius 1 is 0.554 bits per heavy atom. The molecule has 5 heterocycles. The summed E-state index contributed by atoms with van der Waals surface area (Å²) in [6, 6.07) is 47.6. The Morgan fingerprint density at radius 2 is 1.25 bits per heavy atom. The van der Waals surface area contributed by atoms with Gasteiger partial charge in [-0.3, -0.25) is 8.97 Å². The molecule has 0 aliphatic carbocycles. The molecule has 0 atom stereocenters. The maximum atomic E-state index is 6.81. The van der Waals surface area contributed by atoms with Crippen molar-refractivity contribution in [1.82, 2.24) is 18.9 Å². The van der Waals surface area contributed by atoms with Crippen LogP contribution in [0.25, 0.3) is 86.4 Å². The molecule has 0 aliphatic rings. The molecule has 0 saturated heterocycles. The summed E-state index contributed by atoms with van der Waals surface area (Å²) in [5, 5.41) is 8.26. The molecule has 11 aromatic rings. The summed E-state index contributed by atoms with van der Waals surface area (Å²) in [5.74, 6) is 3.13. The highest BCUT2D eigenvalue weighted by molar-refractivity contribution is 7.26. The predicted octanol–water partition coefficient (Wildman–Crippen LogP) is 14.2. The van der Waals surface area contributed by atoms with E-state index in [4.69, 9.17) is 14.7 Å². The fourth-order valence-corrected chi connectivity index (χ4v) is 10.0. The number of rotatable bonds is 6. The van der Waals surface area contributed by atoms with Crippen LogP contribution >= 0.6 is 11.3 Å². The molecule has 0 unspecified atom stereocenters. The lowest BCUT2D eigenvalue weighted by Crippen LogP contribution is -2.02. The molecule has 5 nitrogen and oxygen atoms in total. The van der Waals surface area contributed by atoms with E-state index in [1.54, 1.807) is 0 Å². The van der Waals surface area contributed by atoms with E-state index >= 15 is 0 Å². The fourth-order valence-electron chi connectivity index (χ4n) is 8.93. The molecule has 6 aromatic carbocycles.